The number of nitrogens with one attached hydrogen (secondary N) is 1. The van der Waals surface area contributed by atoms with Crippen LogP contribution < -0.4 is 11.1 Å². The van der Waals surface area contributed by atoms with Gasteiger partial charge >= 0.3 is 0 Å². The third-order valence-electron chi connectivity index (χ3n) is 3.13. The molecule has 0 aromatic heterocycles. The lowest BCUT2D eigenvalue weighted by atomic mass is 9.86. The number of hydrogen-bond acceptors (Lipinski definition) is 3. The van der Waals surface area contributed by atoms with Gasteiger partial charge in [0.05, 0.1) is 6.04 Å². The van der Waals surface area contributed by atoms with Gasteiger partial charge in [-0.25, -0.2) is 0 Å². The van der Waals surface area contributed by atoms with Crippen LogP contribution in [0.25, 0.3) is 0 Å². The highest BCUT2D eigenvalue weighted by atomic mass is 16.2. The zero-order valence-corrected chi connectivity index (χ0v) is 10.2. The van der Waals surface area contributed by atoms with Crippen LogP contribution in [0, 0.1) is 5.41 Å². The van der Waals surface area contributed by atoms with Crippen molar-refractivity contribution in [2.75, 3.05) is 20.1 Å². The highest BCUT2D eigenvalue weighted by molar-refractivity contribution is 5.82. The second kappa shape index (κ2) is 4.49. The van der Waals surface area contributed by atoms with E-state index in [0.717, 1.165) is 19.5 Å². The van der Waals surface area contributed by atoms with Crippen molar-refractivity contribution in [3.63, 3.8) is 0 Å². The van der Waals surface area contributed by atoms with Crippen molar-refractivity contribution in [2.45, 2.75) is 39.3 Å². The Kier molecular flexibility index (Phi) is 3.73. The first-order valence-corrected chi connectivity index (χ1v) is 5.57. The number of rotatable bonds is 2. The largest absolute Gasteiger partial charge is 0.340 e. The van der Waals surface area contributed by atoms with Crippen molar-refractivity contribution < 1.29 is 4.79 Å². The molecule has 1 aliphatic heterocycles. The summed E-state index contributed by atoms with van der Waals surface area (Å²) >= 11 is 0. The third-order valence-corrected chi connectivity index (χ3v) is 3.13. The third kappa shape index (κ3) is 2.92. The highest BCUT2D eigenvalue weighted by Gasteiger charge is 2.33. The fraction of sp³-hybridized carbons (Fsp3) is 0.909. The second-order valence-corrected chi connectivity index (χ2v) is 5.44. The summed E-state index contributed by atoms with van der Waals surface area (Å²) in [5.41, 5.74) is 5.78. The number of carbonyl (C=O) groups is 1. The highest BCUT2D eigenvalue weighted by Crippen LogP contribution is 2.20. The lowest BCUT2D eigenvalue weighted by molar-refractivity contribution is -0.135. The van der Waals surface area contributed by atoms with Gasteiger partial charge in [0.25, 0.3) is 0 Å². The maximum atomic E-state index is 12.0. The molecule has 1 saturated heterocycles. The van der Waals surface area contributed by atoms with E-state index >= 15 is 0 Å². The molecule has 3 N–H and O–H groups in total. The standard InChI is InChI=1S/C11H23N3O/c1-11(2,3)9(12)10(15)14(4)8-5-6-13-7-8/h8-9,13H,5-7,12H2,1-4H3/t8?,9-/m1/s1. The smallest absolute Gasteiger partial charge is 0.240 e. The number of amides is 1. The molecule has 1 amide bonds. The number of likely N-dealkylation sites (N-methyl/N-ethyl adjacent to an activating group) is 1. The zero-order chi connectivity index (χ0) is 11.6. The zero-order valence-electron chi connectivity index (χ0n) is 10.2. The molecule has 1 unspecified atom stereocenters. The second-order valence-electron chi connectivity index (χ2n) is 5.44. The molecule has 1 rings (SSSR count). The van der Waals surface area contributed by atoms with Crippen molar-refractivity contribution >= 4 is 5.91 Å². The first-order valence-electron chi connectivity index (χ1n) is 5.57. The molecule has 0 aromatic carbocycles. The molecule has 1 heterocycles. The van der Waals surface area contributed by atoms with E-state index in [0.29, 0.717) is 6.04 Å². The van der Waals surface area contributed by atoms with Gasteiger partial charge in [-0.3, -0.25) is 4.79 Å². The molecule has 0 radical (unpaired) electrons. The number of carbonyl (C=O) groups excluding carboxylic acids is 1. The van der Waals surface area contributed by atoms with Gasteiger partial charge in [-0.1, -0.05) is 20.8 Å². The van der Waals surface area contributed by atoms with Gasteiger partial charge in [-0.05, 0) is 18.4 Å². The molecule has 1 aliphatic rings. The van der Waals surface area contributed by atoms with Crippen molar-refractivity contribution in [3.8, 4) is 0 Å². The fourth-order valence-electron chi connectivity index (χ4n) is 1.74. The maximum Gasteiger partial charge on any atom is 0.240 e. The van der Waals surface area contributed by atoms with Crippen LogP contribution in [-0.4, -0.2) is 43.0 Å². The normalized spacial score (nSPS) is 23.9. The van der Waals surface area contributed by atoms with E-state index in [1.807, 2.05) is 27.8 Å². The van der Waals surface area contributed by atoms with Crippen LogP contribution in [0.1, 0.15) is 27.2 Å². The number of nitrogens with two attached hydrogens (primary N) is 1. The van der Waals surface area contributed by atoms with Gasteiger partial charge in [-0.2, -0.15) is 0 Å². The minimum Gasteiger partial charge on any atom is -0.340 e. The van der Waals surface area contributed by atoms with Crippen LogP contribution in [0.4, 0.5) is 0 Å². The molecule has 15 heavy (non-hydrogen) atoms. The van der Waals surface area contributed by atoms with Crippen LogP contribution in [-0.2, 0) is 4.79 Å². The average molecular weight is 213 g/mol. The summed E-state index contributed by atoms with van der Waals surface area (Å²) in [4.78, 5) is 13.9. The molecule has 4 nitrogen and oxygen atoms in total. The topological polar surface area (TPSA) is 58.4 Å². The summed E-state index contributed by atoms with van der Waals surface area (Å²) < 4.78 is 0. The lowest BCUT2D eigenvalue weighted by Gasteiger charge is -2.32. The Bertz CT molecular complexity index is 228. The predicted octanol–water partition coefficient (Wildman–Crippen LogP) is 0.180. The molecule has 2 atom stereocenters. The average Bonchev–Trinajstić information content (AvgIpc) is 2.65. The van der Waals surface area contributed by atoms with E-state index in [-0.39, 0.29) is 11.3 Å². The first-order chi connectivity index (χ1) is 6.84. The number of nitrogens with zero attached hydrogens (tertiary/aromatic N) is 1. The van der Waals surface area contributed by atoms with E-state index in [4.69, 9.17) is 5.73 Å². The molecular formula is C11H23N3O. The van der Waals surface area contributed by atoms with E-state index in [1.165, 1.54) is 0 Å². The molecule has 0 bridgehead atoms. The van der Waals surface area contributed by atoms with Crippen LogP contribution in [0.3, 0.4) is 0 Å². The van der Waals surface area contributed by atoms with Gasteiger partial charge in [-0.15, -0.1) is 0 Å². The summed E-state index contributed by atoms with van der Waals surface area (Å²) in [6.45, 7) is 7.87. The molecule has 0 saturated carbocycles. The molecule has 88 valence electrons. The van der Waals surface area contributed by atoms with E-state index in [9.17, 15) is 4.79 Å². The van der Waals surface area contributed by atoms with Crippen molar-refractivity contribution in [1.82, 2.24) is 10.2 Å². The van der Waals surface area contributed by atoms with Gasteiger partial charge in [0.2, 0.25) is 5.91 Å². The van der Waals surface area contributed by atoms with Crippen LogP contribution >= 0.6 is 0 Å². The number of hydrogen-bond donors (Lipinski definition) is 2. The molecule has 4 heteroatoms. The Labute approximate surface area is 92.2 Å². The fourth-order valence-corrected chi connectivity index (χ4v) is 1.74. The van der Waals surface area contributed by atoms with Gasteiger partial charge in [0.15, 0.2) is 0 Å². The quantitative estimate of drug-likeness (QED) is 0.688. The van der Waals surface area contributed by atoms with Crippen LogP contribution in [0.15, 0.2) is 0 Å². The van der Waals surface area contributed by atoms with Crippen LogP contribution in [0.5, 0.6) is 0 Å². The Morgan fingerprint density at radius 2 is 2.13 bits per heavy atom. The summed E-state index contributed by atoms with van der Waals surface area (Å²) in [6, 6.07) is -0.103. The summed E-state index contributed by atoms with van der Waals surface area (Å²) in [7, 11) is 1.85. The Balaban J connectivity index is 2.59. The van der Waals surface area contributed by atoms with Crippen LogP contribution in [0.2, 0.25) is 0 Å². The van der Waals surface area contributed by atoms with Gasteiger partial charge in [0, 0.05) is 19.6 Å². The Morgan fingerprint density at radius 1 is 1.53 bits per heavy atom. The SMILES string of the molecule is CN(C(=O)[C@@H](N)C(C)(C)C)C1CCNC1. The van der Waals surface area contributed by atoms with Gasteiger partial charge in [0.1, 0.15) is 0 Å². The van der Waals surface area contributed by atoms with E-state index in [1.54, 1.807) is 4.90 Å². The lowest BCUT2D eigenvalue weighted by Crippen LogP contribution is -2.52. The van der Waals surface area contributed by atoms with Gasteiger partial charge < -0.3 is 16.0 Å². The molecular weight excluding hydrogens is 190 g/mol. The Hall–Kier alpha value is -0.610. The predicted molar refractivity (Wildman–Crippen MR) is 61.5 cm³/mol. The molecule has 0 aliphatic carbocycles. The minimum atomic E-state index is -0.414. The summed E-state index contributed by atoms with van der Waals surface area (Å²) in [5, 5.41) is 3.25. The molecule has 1 fully saturated rings. The van der Waals surface area contributed by atoms with E-state index in [2.05, 4.69) is 5.32 Å². The summed E-state index contributed by atoms with van der Waals surface area (Å²) in [6.07, 6.45) is 1.03. The van der Waals surface area contributed by atoms with Crippen molar-refractivity contribution in [2.24, 2.45) is 11.1 Å². The minimum absolute atomic E-state index is 0.0520. The maximum absolute atomic E-state index is 12.0. The Morgan fingerprint density at radius 3 is 2.53 bits per heavy atom. The first kappa shape index (κ1) is 12.5. The van der Waals surface area contributed by atoms with Crippen molar-refractivity contribution in [1.29, 1.82) is 0 Å². The monoisotopic (exact) mass is 213 g/mol. The van der Waals surface area contributed by atoms with Crippen molar-refractivity contribution in [3.05, 3.63) is 0 Å². The van der Waals surface area contributed by atoms with E-state index < -0.39 is 6.04 Å². The molecule has 0 spiro atoms. The molecule has 0 aromatic rings. The summed E-state index contributed by atoms with van der Waals surface area (Å²) in [5.74, 6) is 0.0520.